The van der Waals surface area contributed by atoms with Gasteiger partial charge in [-0.05, 0) is 36.8 Å². The molecule has 0 amide bonds. The van der Waals surface area contributed by atoms with E-state index in [-0.39, 0.29) is 12.1 Å². The summed E-state index contributed by atoms with van der Waals surface area (Å²) in [5, 5.41) is 0.959. The van der Waals surface area contributed by atoms with Crippen molar-refractivity contribution in [2.45, 2.75) is 19.1 Å². The third kappa shape index (κ3) is 3.89. The smallest absolute Gasteiger partial charge is 0.138 e. The molecular formula is C15H14BrCl2NO. The minimum absolute atomic E-state index is 0.168. The van der Waals surface area contributed by atoms with Crippen molar-refractivity contribution in [3.63, 3.8) is 0 Å². The first-order valence-electron chi connectivity index (χ1n) is 6.10. The van der Waals surface area contributed by atoms with Crippen LogP contribution in [0.2, 0.25) is 10.0 Å². The molecule has 0 saturated carbocycles. The van der Waals surface area contributed by atoms with E-state index in [4.69, 9.17) is 33.7 Å². The lowest BCUT2D eigenvalue weighted by Gasteiger charge is -2.23. The van der Waals surface area contributed by atoms with Crippen molar-refractivity contribution in [2.24, 2.45) is 5.73 Å². The summed E-state index contributed by atoms with van der Waals surface area (Å²) in [5.41, 5.74) is 7.04. The maximum atomic E-state index is 6.04. The molecule has 106 valence electrons. The van der Waals surface area contributed by atoms with Crippen LogP contribution in [0.15, 0.2) is 46.9 Å². The maximum Gasteiger partial charge on any atom is 0.138 e. The molecule has 2 unspecified atom stereocenters. The van der Waals surface area contributed by atoms with Gasteiger partial charge < -0.3 is 10.5 Å². The highest BCUT2D eigenvalue weighted by atomic mass is 79.9. The number of rotatable bonds is 4. The van der Waals surface area contributed by atoms with Gasteiger partial charge in [-0.15, -0.1) is 0 Å². The van der Waals surface area contributed by atoms with Crippen LogP contribution in [0.3, 0.4) is 0 Å². The van der Waals surface area contributed by atoms with E-state index in [2.05, 4.69) is 15.9 Å². The highest BCUT2D eigenvalue weighted by Gasteiger charge is 2.19. The lowest BCUT2D eigenvalue weighted by Crippen LogP contribution is -2.29. The Bertz CT molecular complexity index is 604. The van der Waals surface area contributed by atoms with Gasteiger partial charge in [0.1, 0.15) is 11.9 Å². The minimum atomic E-state index is -0.259. The van der Waals surface area contributed by atoms with E-state index in [1.54, 1.807) is 18.2 Å². The van der Waals surface area contributed by atoms with Crippen LogP contribution in [0.1, 0.15) is 18.6 Å². The summed E-state index contributed by atoms with van der Waals surface area (Å²) in [6.45, 7) is 1.91. The fourth-order valence-corrected chi connectivity index (χ4v) is 2.56. The van der Waals surface area contributed by atoms with Crippen LogP contribution >= 0.6 is 39.1 Å². The van der Waals surface area contributed by atoms with Gasteiger partial charge in [-0.25, -0.2) is 0 Å². The summed E-state index contributed by atoms with van der Waals surface area (Å²) in [6, 6.07) is 12.9. The van der Waals surface area contributed by atoms with Crippen molar-refractivity contribution in [2.75, 3.05) is 0 Å². The van der Waals surface area contributed by atoms with Crippen molar-refractivity contribution < 1.29 is 4.74 Å². The van der Waals surface area contributed by atoms with Crippen LogP contribution in [0.4, 0.5) is 0 Å². The van der Waals surface area contributed by atoms with Crippen LogP contribution in [-0.2, 0) is 0 Å². The second kappa shape index (κ2) is 6.81. The summed E-state index contributed by atoms with van der Waals surface area (Å²) < 4.78 is 6.95. The Hall–Kier alpha value is -0.740. The van der Waals surface area contributed by atoms with E-state index < -0.39 is 0 Å². The summed E-state index contributed by atoms with van der Waals surface area (Å²) in [6.07, 6.45) is -0.259. The van der Waals surface area contributed by atoms with Gasteiger partial charge in [-0.2, -0.15) is 0 Å². The standard InChI is InChI=1S/C15H14BrCl2NO/c1-9(19)15(10-3-2-4-11(16)7-10)20-12-5-6-13(17)14(18)8-12/h2-9,15H,19H2,1H3. The van der Waals surface area contributed by atoms with E-state index in [9.17, 15) is 0 Å². The Morgan fingerprint density at radius 1 is 1.10 bits per heavy atom. The second-order valence-corrected chi connectivity index (χ2v) is 6.26. The zero-order valence-corrected chi connectivity index (χ0v) is 13.9. The molecule has 0 saturated heterocycles. The number of benzene rings is 2. The predicted molar refractivity (Wildman–Crippen MR) is 87.6 cm³/mol. The number of hydrogen-bond acceptors (Lipinski definition) is 2. The Morgan fingerprint density at radius 2 is 1.85 bits per heavy atom. The van der Waals surface area contributed by atoms with E-state index in [0.29, 0.717) is 15.8 Å². The normalized spacial score (nSPS) is 13.8. The van der Waals surface area contributed by atoms with Crippen LogP contribution < -0.4 is 10.5 Å². The van der Waals surface area contributed by atoms with Crippen molar-refractivity contribution in [3.05, 3.63) is 62.5 Å². The first-order chi connectivity index (χ1) is 9.47. The largest absolute Gasteiger partial charge is 0.484 e. The number of halogens is 3. The maximum absolute atomic E-state index is 6.04. The average molecular weight is 375 g/mol. The van der Waals surface area contributed by atoms with Crippen LogP contribution in [0.5, 0.6) is 5.75 Å². The van der Waals surface area contributed by atoms with Crippen LogP contribution in [0, 0.1) is 0 Å². The number of ether oxygens (including phenoxy) is 1. The highest BCUT2D eigenvalue weighted by molar-refractivity contribution is 9.10. The van der Waals surface area contributed by atoms with Crippen molar-refractivity contribution >= 4 is 39.1 Å². The molecule has 0 heterocycles. The molecule has 0 aliphatic heterocycles. The van der Waals surface area contributed by atoms with Crippen molar-refractivity contribution in [3.8, 4) is 5.75 Å². The van der Waals surface area contributed by atoms with E-state index in [1.165, 1.54) is 0 Å². The number of hydrogen-bond donors (Lipinski definition) is 1. The van der Waals surface area contributed by atoms with Gasteiger partial charge in [0, 0.05) is 16.6 Å². The van der Waals surface area contributed by atoms with Crippen LogP contribution in [-0.4, -0.2) is 6.04 Å². The molecule has 0 spiro atoms. The van der Waals surface area contributed by atoms with Gasteiger partial charge in [0.15, 0.2) is 0 Å². The minimum Gasteiger partial charge on any atom is -0.484 e. The molecule has 2 nitrogen and oxygen atoms in total. The fraction of sp³-hybridized carbons (Fsp3) is 0.200. The molecule has 0 aliphatic rings. The second-order valence-electron chi connectivity index (χ2n) is 4.53. The Kier molecular flexibility index (Phi) is 5.33. The summed E-state index contributed by atoms with van der Waals surface area (Å²) in [7, 11) is 0. The zero-order valence-electron chi connectivity index (χ0n) is 10.8. The molecule has 5 heteroatoms. The Balaban J connectivity index is 2.28. The first-order valence-corrected chi connectivity index (χ1v) is 7.65. The molecule has 2 aromatic rings. The predicted octanol–water partition coefficient (Wildman–Crippen LogP) is 5.22. The molecule has 2 aromatic carbocycles. The topological polar surface area (TPSA) is 35.2 Å². The monoisotopic (exact) mass is 373 g/mol. The molecule has 2 rings (SSSR count). The van der Waals surface area contributed by atoms with Crippen molar-refractivity contribution in [1.29, 1.82) is 0 Å². The van der Waals surface area contributed by atoms with Crippen LogP contribution in [0.25, 0.3) is 0 Å². The van der Waals surface area contributed by atoms with Gasteiger partial charge in [0.25, 0.3) is 0 Å². The quantitative estimate of drug-likeness (QED) is 0.795. The Labute approximate surface area is 137 Å². The highest BCUT2D eigenvalue weighted by Crippen LogP contribution is 2.30. The molecule has 20 heavy (non-hydrogen) atoms. The van der Waals surface area contributed by atoms with E-state index in [1.807, 2.05) is 31.2 Å². The van der Waals surface area contributed by atoms with Gasteiger partial charge in [0.05, 0.1) is 10.0 Å². The molecule has 0 radical (unpaired) electrons. The van der Waals surface area contributed by atoms with Gasteiger partial charge in [-0.1, -0.05) is 51.3 Å². The number of nitrogens with two attached hydrogens (primary N) is 1. The van der Waals surface area contributed by atoms with Gasteiger partial charge in [0.2, 0.25) is 0 Å². The molecule has 0 fully saturated rings. The first kappa shape index (κ1) is 15.6. The average Bonchev–Trinajstić information content (AvgIpc) is 2.39. The summed E-state index contributed by atoms with van der Waals surface area (Å²) in [4.78, 5) is 0. The van der Waals surface area contributed by atoms with E-state index in [0.717, 1.165) is 10.0 Å². The third-order valence-electron chi connectivity index (χ3n) is 2.81. The van der Waals surface area contributed by atoms with Crippen molar-refractivity contribution in [1.82, 2.24) is 0 Å². The lowest BCUT2D eigenvalue weighted by molar-refractivity contribution is 0.180. The molecule has 2 N–H and O–H groups in total. The summed E-state index contributed by atoms with van der Waals surface area (Å²) in [5.74, 6) is 0.640. The molecule has 2 atom stereocenters. The Morgan fingerprint density at radius 3 is 2.45 bits per heavy atom. The van der Waals surface area contributed by atoms with Gasteiger partial charge in [-0.3, -0.25) is 0 Å². The molecule has 0 bridgehead atoms. The molecule has 0 aliphatic carbocycles. The van der Waals surface area contributed by atoms with Gasteiger partial charge >= 0.3 is 0 Å². The molecule has 0 aromatic heterocycles. The molecular weight excluding hydrogens is 361 g/mol. The zero-order chi connectivity index (χ0) is 14.7. The SMILES string of the molecule is CC(N)C(Oc1ccc(Cl)c(Cl)c1)c1cccc(Br)c1. The fourth-order valence-electron chi connectivity index (χ4n) is 1.86. The third-order valence-corrected chi connectivity index (χ3v) is 4.04. The lowest BCUT2D eigenvalue weighted by atomic mass is 10.0. The van der Waals surface area contributed by atoms with E-state index >= 15 is 0 Å². The summed E-state index contributed by atoms with van der Waals surface area (Å²) >= 11 is 15.3.